The molecule has 2 heterocycles. The smallest absolute Gasteiger partial charge is 0.257 e. The average molecular weight is 381 g/mol. The summed E-state index contributed by atoms with van der Waals surface area (Å²) in [6, 6.07) is 8.82. The normalized spacial score (nSPS) is 17.2. The molecule has 28 heavy (non-hydrogen) atoms. The van der Waals surface area contributed by atoms with Crippen molar-refractivity contribution in [2.75, 3.05) is 23.7 Å². The minimum Gasteiger partial charge on any atom is -0.472 e. The number of hydrogen-bond acceptors (Lipinski definition) is 4. The Labute approximate surface area is 163 Å². The Balaban J connectivity index is 1.26. The summed E-state index contributed by atoms with van der Waals surface area (Å²) >= 11 is 0. The SMILES string of the molecule is O=C(Nc1ccc(NC(=O)C2CCN(C(=O)c3ccoc3)CC2)cc1)C1CC1. The van der Waals surface area contributed by atoms with Gasteiger partial charge in [0.1, 0.15) is 6.26 Å². The lowest BCUT2D eigenvalue weighted by Gasteiger charge is -2.31. The molecule has 4 rings (SSSR count). The van der Waals surface area contributed by atoms with Crippen LogP contribution in [0, 0.1) is 11.8 Å². The molecule has 0 unspecified atom stereocenters. The van der Waals surface area contributed by atoms with Gasteiger partial charge in [0, 0.05) is 36.3 Å². The molecule has 2 aromatic rings. The summed E-state index contributed by atoms with van der Waals surface area (Å²) < 4.78 is 4.96. The van der Waals surface area contributed by atoms with Crippen molar-refractivity contribution in [3.05, 3.63) is 48.4 Å². The van der Waals surface area contributed by atoms with E-state index < -0.39 is 0 Å². The Morgan fingerprint density at radius 2 is 1.36 bits per heavy atom. The quantitative estimate of drug-likeness (QED) is 0.832. The molecule has 0 spiro atoms. The summed E-state index contributed by atoms with van der Waals surface area (Å²) in [5.74, 6) is 0.00316. The van der Waals surface area contributed by atoms with Gasteiger partial charge in [-0.3, -0.25) is 14.4 Å². The minimum absolute atomic E-state index is 0.0369. The fourth-order valence-corrected chi connectivity index (χ4v) is 3.38. The predicted octanol–water partition coefficient (Wildman–Crippen LogP) is 3.12. The number of carbonyl (C=O) groups excluding carboxylic acids is 3. The minimum atomic E-state index is -0.123. The van der Waals surface area contributed by atoms with E-state index in [1.807, 2.05) is 0 Å². The highest BCUT2D eigenvalue weighted by Crippen LogP contribution is 2.30. The van der Waals surface area contributed by atoms with Gasteiger partial charge in [-0.15, -0.1) is 0 Å². The second-order valence-corrected chi connectivity index (χ2v) is 7.41. The Morgan fingerprint density at radius 3 is 1.82 bits per heavy atom. The summed E-state index contributed by atoms with van der Waals surface area (Å²) in [6.07, 6.45) is 6.11. The number of piperidine rings is 1. The van der Waals surface area contributed by atoms with Crippen LogP contribution >= 0.6 is 0 Å². The van der Waals surface area contributed by atoms with Crippen molar-refractivity contribution in [3.8, 4) is 0 Å². The maximum absolute atomic E-state index is 12.5. The molecule has 146 valence electrons. The van der Waals surface area contributed by atoms with Crippen molar-refractivity contribution in [3.63, 3.8) is 0 Å². The molecule has 1 aliphatic carbocycles. The summed E-state index contributed by atoms with van der Waals surface area (Å²) in [6.45, 7) is 1.10. The van der Waals surface area contributed by atoms with E-state index in [1.54, 1.807) is 35.2 Å². The van der Waals surface area contributed by atoms with E-state index in [0.717, 1.165) is 18.5 Å². The largest absolute Gasteiger partial charge is 0.472 e. The Morgan fingerprint density at radius 1 is 0.821 bits per heavy atom. The second kappa shape index (κ2) is 7.88. The maximum atomic E-state index is 12.5. The number of nitrogens with zero attached hydrogens (tertiary/aromatic N) is 1. The highest BCUT2D eigenvalue weighted by molar-refractivity contribution is 5.96. The first-order chi connectivity index (χ1) is 13.6. The summed E-state index contributed by atoms with van der Waals surface area (Å²) in [7, 11) is 0. The maximum Gasteiger partial charge on any atom is 0.257 e. The van der Waals surface area contributed by atoms with Crippen LogP contribution in [0.3, 0.4) is 0 Å². The van der Waals surface area contributed by atoms with Crippen LogP contribution < -0.4 is 10.6 Å². The van der Waals surface area contributed by atoms with Crippen molar-refractivity contribution in [2.45, 2.75) is 25.7 Å². The molecular weight excluding hydrogens is 358 g/mol. The predicted molar refractivity (Wildman–Crippen MR) is 104 cm³/mol. The zero-order valence-electron chi connectivity index (χ0n) is 15.5. The number of anilines is 2. The zero-order chi connectivity index (χ0) is 19.5. The van der Waals surface area contributed by atoms with Crippen LogP contribution in [0.25, 0.3) is 0 Å². The van der Waals surface area contributed by atoms with Crippen molar-refractivity contribution >= 4 is 29.1 Å². The topological polar surface area (TPSA) is 91.7 Å². The molecule has 3 amide bonds. The van der Waals surface area contributed by atoms with E-state index >= 15 is 0 Å². The highest BCUT2D eigenvalue weighted by Gasteiger charge is 2.30. The molecule has 1 saturated carbocycles. The molecule has 0 bridgehead atoms. The van der Waals surface area contributed by atoms with E-state index in [-0.39, 0.29) is 29.6 Å². The van der Waals surface area contributed by atoms with Crippen LogP contribution in [0.4, 0.5) is 11.4 Å². The van der Waals surface area contributed by atoms with Crippen LogP contribution in [0.15, 0.2) is 47.3 Å². The van der Waals surface area contributed by atoms with Crippen molar-refractivity contribution in [1.82, 2.24) is 4.90 Å². The number of nitrogens with one attached hydrogen (secondary N) is 2. The van der Waals surface area contributed by atoms with Crippen LogP contribution in [0.2, 0.25) is 0 Å². The molecular formula is C21H23N3O4. The molecule has 1 aromatic carbocycles. The number of likely N-dealkylation sites (tertiary alicyclic amines) is 1. The fraction of sp³-hybridized carbons (Fsp3) is 0.381. The van der Waals surface area contributed by atoms with Crippen molar-refractivity contribution in [2.24, 2.45) is 11.8 Å². The molecule has 1 aliphatic heterocycles. The van der Waals surface area contributed by atoms with Crippen molar-refractivity contribution in [1.29, 1.82) is 0 Å². The second-order valence-electron chi connectivity index (χ2n) is 7.41. The molecule has 2 fully saturated rings. The van der Waals surface area contributed by atoms with Crippen LogP contribution in [0.1, 0.15) is 36.0 Å². The number of furan rings is 1. The Kier molecular flexibility index (Phi) is 5.14. The van der Waals surface area contributed by atoms with E-state index in [0.29, 0.717) is 37.2 Å². The number of carbonyl (C=O) groups is 3. The first-order valence-corrected chi connectivity index (χ1v) is 9.63. The van der Waals surface area contributed by atoms with E-state index in [4.69, 9.17) is 4.42 Å². The first kappa shape index (κ1) is 18.3. The van der Waals surface area contributed by atoms with E-state index in [2.05, 4.69) is 10.6 Å². The third-order valence-electron chi connectivity index (χ3n) is 5.29. The number of amides is 3. The fourth-order valence-electron chi connectivity index (χ4n) is 3.38. The van der Waals surface area contributed by atoms with E-state index in [9.17, 15) is 14.4 Å². The number of benzene rings is 1. The van der Waals surface area contributed by atoms with Crippen LogP contribution in [-0.2, 0) is 9.59 Å². The van der Waals surface area contributed by atoms with Gasteiger partial charge < -0.3 is 20.0 Å². The lowest BCUT2D eigenvalue weighted by atomic mass is 9.95. The number of hydrogen-bond donors (Lipinski definition) is 2. The monoisotopic (exact) mass is 381 g/mol. The molecule has 2 aliphatic rings. The molecule has 2 N–H and O–H groups in total. The lowest BCUT2D eigenvalue weighted by molar-refractivity contribution is -0.121. The Bertz CT molecular complexity index is 848. The molecule has 0 radical (unpaired) electrons. The van der Waals surface area contributed by atoms with Gasteiger partial charge in [-0.2, -0.15) is 0 Å². The van der Waals surface area contributed by atoms with Gasteiger partial charge >= 0.3 is 0 Å². The van der Waals surface area contributed by atoms with Gasteiger partial charge in [0.05, 0.1) is 11.8 Å². The third-order valence-corrected chi connectivity index (χ3v) is 5.29. The van der Waals surface area contributed by atoms with Gasteiger partial charge in [-0.1, -0.05) is 0 Å². The summed E-state index contributed by atoms with van der Waals surface area (Å²) in [5.41, 5.74) is 1.98. The van der Waals surface area contributed by atoms with Crippen molar-refractivity contribution < 1.29 is 18.8 Å². The van der Waals surface area contributed by atoms with Gasteiger partial charge in [0.2, 0.25) is 11.8 Å². The van der Waals surface area contributed by atoms with Crippen LogP contribution in [-0.4, -0.2) is 35.7 Å². The van der Waals surface area contributed by atoms with Gasteiger partial charge in [-0.05, 0) is 56.0 Å². The first-order valence-electron chi connectivity index (χ1n) is 9.63. The standard InChI is InChI=1S/C21H23N3O4/c25-19(14-1-2-14)22-17-3-5-18(6-4-17)23-20(26)15-7-10-24(11-8-15)21(27)16-9-12-28-13-16/h3-6,9,12-15H,1-2,7-8,10-11H2,(H,22,25)(H,23,26). The molecule has 0 atom stereocenters. The Hall–Kier alpha value is -3.09. The van der Waals surface area contributed by atoms with Gasteiger partial charge in [0.15, 0.2) is 0 Å². The summed E-state index contributed by atoms with van der Waals surface area (Å²) in [4.78, 5) is 38.4. The summed E-state index contributed by atoms with van der Waals surface area (Å²) in [5, 5.41) is 5.81. The molecule has 1 saturated heterocycles. The average Bonchev–Trinajstić information content (AvgIpc) is 3.43. The lowest BCUT2D eigenvalue weighted by Crippen LogP contribution is -2.41. The third kappa shape index (κ3) is 4.24. The van der Waals surface area contributed by atoms with Gasteiger partial charge in [-0.25, -0.2) is 0 Å². The molecule has 7 heteroatoms. The molecule has 7 nitrogen and oxygen atoms in total. The van der Waals surface area contributed by atoms with E-state index in [1.165, 1.54) is 12.5 Å². The highest BCUT2D eigenvalue weighted by atomic mass is 16.3. The molecule has 1 aromatic heterocycles. The van der Waals surface area contributed by atoms with Gasteiger partial charge in [0.25, 0.3) is 5.91 Å². The number of rotatable bonds is 5. The zero-order valence-corrected chi connectivity index (χ0v) is 15.5. The van der Waals surface area contributed by atoms with Crippen LogP contribution in [0.5, 0.6) is 0 Å².